The van der Waals surface area contributed by atoms with Gasteiger partial charge in [0.2, 0.25) is 0 Å². The lowest BCUT2D eigenvalue weighted by molar-refractivity contribution is 0.301. The minimum Gasteiger partial charge on any atom is -0.487 e. The van der Waals surface area contributed by atoms with E-state index in [0.717, 1.165) is 22.9 Å². The molecule has 0 fully saturated rings. The molecule has 1 aliphatic carbocycles. The zero-order chi connectivity index (χ0) is 13.2. The van der Waals surface area contributed by atoms with Crippen LogP contribution in [0.2, 0.25) is 0 Å². The van der Waals surface area contributed by atoms with E-state index >= 15 is 0 Å². The van der Waals surface area contributed by atoms with Crippen molar-refractivity contribution >= 4 is 11.3 Å². The van der Waals surface area contributed by atoms with Crippen molar-refractivity contribution in [2.24, 2.45) is 0 Å². The van der Waals surface area contributed by atoms with Crippen LogP contribution >= 0.6 is 11.3 Å². The van der Waals surface area contributed by atoms with Gasteiger partial charge in [-0.1, -0.05) is 6.07 Å². The highest BCUT2D eigenvalue weighted by atomic mass is 32.1. The van der Waals surface area contributed by atoms with Crippen LogP contribution < -0.4 is 10.1 Å². The number of fused-ring (bicyclic) bond motifs is 1. The van der Waals surface area contributed by atoms with Crippen LogP contribution in [0.5, 0.6) is 5.75 Å². The summed E-state index contributed by atoms with van der Waals surface area (Å²) < 4.78 is 5.82. The van der Waals surface area contributed by atoms with Crippen molar-refractivity contribution in [2.45, 2.75) is 32.4 Å². The first-order valence-electron chi connectivity index (χ1n) is 6.60. The molecule has 100 valence electrons. The van der Waals surface area contributed by atoms with Gasteiger partial charge in [0.05, 0.1) is 10.7 Å². The van der Waals surface area contributed by atoms with E-state index in [0.29, 0.717) is 12.6 Å². The fourth-order valence-electron chi connectivity index (χ4n) is 2.62. The lowest BCUT2D eigenvalue weighted by Crippen LogP contribution is -2.12. The lowest BCUT2D eigenvalue weighted by atomic mass is 10.1. The summed E-state index contributed by atoms with van der Waals surface area (Å²) in [7, 11) is 2.02. The molecule has 0 saturated heterocycles. The van der Waals surface area contributed by atoms with Crippen molar-refractivity contribution in [3.63, 3.8) is 0 Å². The van der Waals surface area contributed by atoms with Crippen LogP contribution in [0.3, 0.4) is 0 Å². The average molecular weight is 274 g/mol. The van der Waals surface area contributed by atoms with Crippen LogP contribution in [0.4, 0.5) is 0 Å². The summed E-state index contributed by atoms with van der Waals surface area (Å²) in [6.45, 7) is 2.57. The van der Waals surface area contributed by atoms with Gasteiger partial charge in [-0.15, -0.1) is 11.3 Å². The SMILES string of the molecule is CNC1CCc2cc(OCc3csc(C)n3)ccc21. The highest BCUT2D eigenvalue weighted by Crippen LogP contribution is 2.33. The van der Waals surface area contributed by atoms with Gasteiger partial charge in [-0.05, 0) is 50.1 Å². The van der Waals surface area contributed by atoms with E-state index in [1.165, 1.54) is 17.5 Å². The molecule has 19 heavy (non-hydrogen) atoms. The first kappa shape index (κ1) is 12.6. The number of aromatic nitrogens is 1. The van der Waals surface area contributed by atoms with E-state index in [1.807, 2.05) is 14.0 Å². The van der Waals surface area contributed by atoms with Gasteiger partial charge in [0.1, 0.15) is 12.4 Å². The molecule has 0 spiro atoms. The third-order valence-electron chi connectivity index (χ3n) is 3.59. The van der Waals surface area contributed by atoms with Crippen molar-refractivity contribution in [1.82, 2.24) is 10.3 Å². The van der Waals surface area contributed by atoms with E-state index in [1.54, 1.807) is 11.3 Å². The van der Waals surface area contributed by atoms with Crippen LogP contribution in [0.15, 0.2) is 23.6 Å². The number of rotatable bonds is 4. The second-order valence-electron chi connectivity index (χ2n) is 4.89. The Bertz CT molecular complexity index is 579. The van der Waals surface area contributed by atoms with Gasteiger partial charge in [-0.3, -0.25) is 0 Å². The predicted octanol–water partition coefficient (Wildman–Crippen LogP) is 3.24. The van der Waals surface area contributed by atoms with E-state index < -0.39 is 0 Å². The molecule has 1 N–H and O–H groups in total. The Morgan fingerprint density at radius 1 is 1.47 bits per heavy atom. The third-order valence-corrected chi connectivity index (χ3v) is 4.42. The van der Waals surface area contributed by atoms with E-state index in [-0.39, 0.29) is 0 Å². The summed E-state index contributed by atoms with van der Waals surface area (Å²) in [6, 6.07) is 6.93. The molecule has 1 aromatic heterocycles. The molecule has 0 aliphatic heterocycles. The molecule has 1 unspecified atom stereocenters. The highest BCUT2D eigenvalue weighted by Gasteiger charge is 2.21. The van der Waals surface area contributed by atoms with E-state index in [2.05, 4.69) is 33.9 Å². The number of hydrogen-bond donors (Lipinski definition) is 1. The quantitative estimate of drug-likeness (QED) is 0.929. The van der Waals surface area contributed by atoms with Crippen molar-refractivity contribution in [2.75, 3.05) is 7.05 Å². The highest BCUT2D eigenvalue weighted by molar-refractivity contribution is 7.09. The first-order chi connectivity index (χ1) is 9.26. The molecule has 0 saturated carbocycles. The van der Waals surface area contributed by atoms with Crippen molar-refractivity contribution in [1.29, 1.82) is 0 Å². The molecule has 1 heterocycles. The largest absolute Gasteiger partial charge is 0.487 e. The summed E-state index contributed by atoms with van der Waals surface area (Å²) in [6.07, 6.45) is 2.31. The number of nitrogens with zero attached hydrogens (tertiary/aromatic N) is 1. The van der Waals surface area contributed by atoms with Crippen LogP contribution in [0, 0.1) is 6.92 Å². The molecule has 4 heteroatoms. The maximum absolute atomic E-state index is 5.82. The smallest absolute Gasteiger partial charge is 0.131 e. The monoisotopic (exact) mass is 274 g/mol. The van der Waals surface area contributed by atoms with E-state index in [4.69, 9.17) is 4.74 Å². The fraction of sp³-hybridized carbons (Fsp3) is 0.400. The second kappa shape index (κ2) is 5.31. The predicted molar refractivity (Wildman–Crippen MR) is 77.7 cm³/mol. The van der Waals surface area contributed by atoms with Gasteiger partial charge in [0, 0.05) is 11.4 Å². The maximum Gasteiger partial charge on any atom is 0.131 e. The number of nitrogens with one attached hydrogen (secondary N) is 1. The summed E-state index contributed by atoms with van der Waals surface area (Å²) in [5.41, 5.74) is 3.83. The van der Waals surface area contributed by atoms with Gasteiger partial charge in [0.15, 0.2) is 0 Å². The standard InChI is InChI=1S/C15H18N2OS/c1-10-17-12(9-19-10)8-18-13-4-5-14-11(7-13)3-6-15(14)16-2/h4-5,7,9,15-16H,3,6,8H2,1-2H3. The van der Waals surface area contributed by atoms with Gasteiger partial charge >= 0.3 is 0 Å². The van der Waals surface area contributed by atoms with Crippen LogP contribution in [-0.2, 0) is 13.0 Å². The molecule has 3 nitrogen and oxygen atoms in total. The molecule has 3 rings (SSSR count). The lowest BCUT2D eigenvalue weighted by Gasteiger charge is -2.11. The number of benzene rings is 1. The Balaban J connectivity index is 1.69. The Morgan fingerprint density at radius 3 is 3.11 bits per heavy atom. The maximum atomic E-state index is 5.82. The normalized spacial score (nSPS) is 17.5. The minimum absolute atomic E-state index is 0.505. The summed E-state index contributed by atoms with van der Waals surface area (Å²) in [4.78, 5) is 4.41. The van der Waals surface area contributed by atoms with Crippen molar-refractivity contribution < 1.29 is 4.74 Å². The second-order valence-corrected chi connectivity index (χ2v) is 5.95. The first-order valence-corrected chi connectivity index (χ1v) is 7.48. The molecule has 1 aliphatic rings. The van der Waals surface area contributed by atoms with Gasteiger partial charge < -0.3 is 10.1 Å². The molecular weight excluding hydrogens is 256 g/mol. The molecule has 1 atom stereocenters. The molecule has 1 aromatic carbocycles. The number of aryl methyl sites for hydroxylation is 2. The molecule has 0 amide bonds. The Kier molecular flexibility index (Phi) is 3.53. The van der Waals surface area contributed by atoms with Crippen molar-refractivity contribution in [3.8, 4) is 5.75 Å². The zero-order valence-corrected chi connectivity index (χ0v) is 12.1. The third kappa shape index (κ3) is 2.65. The fourth-order valence-corrected chi connectivity index (χ4v) is 3.21. The van der Waals surface area contributed by atoms with Crippen LogP contribution in [-0.4, -0.2) is 12.0 Å². The summed E-state index contributed by atoms with van der Waals surface area (Å²) >= 11 is 1.66. The Hall–Kier alpha value is -1.39. The van der Waals surface area contributed by atoms with Gasteiger partial charge in [-0.25, -0.2) is 4.98 Å². The molecular formula is C15H18N2OS. The topological polar surface area (TPSA) is 34.1 Å². The summed E-state index contributed by atoms with van der Waals surface area (Å²) in [5.74, 6) is 0.946. The average Bonchev–Trinajstić information content (AvgIpc) is 3.01. The Morgan fingerprint density at radius 2 is 2.37 bits per heavy atom. The summed E-state index contributed by atoms with van der Waals surface area (Å²) in [5, 5.41) is 6.49. The molecule has 0 bridgehead atoms. The minimum atomic E-state index is 0.505. The van der Waals surface area contributed by atoms with Gasteiger partial charge in [-0.2, -0.15) is 0 Å². The molecule has 2 aromatic rings. The number of thiazole rings is 1. The zero-order valence-electron chi connectivity index (χ0n) is 11.3. The van der Waals surface area contributed by atoms with E-state index in [9.17, 15) is 0 Å². The number of ether oxygens (including phenoxy) is 1. The molecule has 0 radical (unpaired) electrons. The van der Waals surface area contributed by atoms with Crippen molar-refractivity contribution in [3.05, 3.63) is 45.4 Å². The van der Waals surface area contributed by atoms with Crippen LogP contribution in [0.1, 0.15) is 34.3 Å². The number of hydrogen-bond acceptors (Lipinski definition) is 4. The van der Waals surface area contributed by atoms with Crippen LogP contribution in [0.25, 0.3) is 0 Å². The van der Waals surface area contributed by atoms with Gasteiger partial charge in [0.25, 0.3) is 0 Å². The Labute approximate surface area is 117 Å².